The SMILES string of the molecule is CC1CC1CNc1ncnc2c1CCC2. The number of hydrogen-bond acceptors (Lipinski definition) is 3. The molecular weight excluding hydrogens is 186 g/mol. The van der Waals surface area contributed by atoms with E-state index < -0.39 is 0 Å². The molecule has 1 aromatic rings. The molecule has 2 atom stereocenters. The Hall–Kier alpha value is -1.12. The highest BCUT2D eigenvalue weighted by atomic mass is 15.0. The third-order valence-corrected chi connectivity index (χ3v) is 3.68. The van der Waals surface area contributed by atoms with Crippen LogP contribution in [0.15, 0.2) is 6.33 Å². The summed E-state index contributed by atoms with van der Waals surface area (Å²) in [6.07, 6.45) is 6.59. The molecule has 0 saturated heterocycles. The number of anilines is 1. The van der Waals surface area contributed by atoms with Gasteiger partial charge in [-0.1, -0.05) is 6.92 Å². The Morgan fingerprint density at radius 3 is 3.07 bits per heavy atom. The van der Waals surface area contributed by atoms with Crippen molar-refractivity contribution in [1.82, 2.24) is 9.97 Å². The van der Waals surface area contributed by atoms with Gasteiger partial charge in [0.05, 0.1) is 0 Å². The zero-order valence-corrected chi connectivity index (χ0v) is 9.16. The van der Waals surface area contributed by atoms with Crippen molar-refractivity contribution in [3.8, 4) is 0 Å². The van der Waals surface area contributed by atoms with E-state index in [-0.39, 0.29) is 0 Å². The summed E-state index contributed by atoms with van der Waals surface area (Å²) in [7, 11) is 0. The Labute approximate surface area is 90.3 Å². The maximum Gasteiger partial charge on any atom is 0.132 e. The standard InChI is InChI=1S/C12H17N3/c1-8-5-9(8)6-13-12-10-3-2-4-11(10)14-7-15-12/h7-9H,2-6H2,1H3,(H,13,14,15). The second-order valence-corrected chi connectivity index (χ2v) is 4.86. The van der Waals surface area contributed by atoms with E-state index in [9.17, 15) is 0 Å². The van der Waals surface area contributed by atoms with Crippen molar-refractivity contribution in [2.75, 3.05) is 11.9 Å². The smallest absolute Gasteiger partial charge is 0.132 e. The average Bonchev–Trinajstić information content (AvgIpc) is 2.78. The second-order valence-electron chi connectivity index (χ2n) is 4.86. The lowest BCUT2D eigenvalue weighted by atomic mass is 10.2. The molecule has 1 saturated carbocycles. The fraction of sp³-hybridized carbons (Fsp3) is 0.667. The normalized spacial score (nSPS) is 27.5. The molecule has 1 aromatic heterocycles. The first-order chi connectivity index (χ1) is 7.34. The minimum Gasteiger partial charge on any atom is -0.369 e. The molecule has 1 N–H and O–H groups in total. The largest absolute Gasteiger partial charge is 0.369 e. The molecular formula is C12H17N3. The minimum atomic E-state index is 0.872. The molecule has 2 unspecified atom stereocenters. The highest BCUT2D eigenvalue weighted by Crippen LogP contribution is 2.37. The van der Waals surface area contributed by atoms with Gasteiger partial charge in [-0.3, -0.25) is 0 Å². The first-order valence-corrected chi connectivity index (χ1v) is 5.91. The molecule has 80 valence electrons. The molecule has 2 aliphatic rings. The maximum absolute atomic E-state index is 4.35. The van der Waals surface area contributed by atoms with Crippen molar-refractivity contribution < 1.29 is 0 Å². The van der Waals surface area contributed by atoms with Gasteiger partial charge in [0.2, 0.25) is 0 Å². The highest BCUT2D eigenvalue weighted by molar-refractivity contribution is 5.48. The third-order valence-electron chi connectivity index (χ3n) is 3.68. The minimum absolute atomic E-state index is 0.872. The van der Waals surface area contributed by atoms with E-state index in [1.807, 2.05) is 0 Å². The van der Waals surface area contributed by atoms with E-state index in [1.165, 1.54) is 24.1 Å². The molecule has 0 radical (unpaired) electrons. The Morgan fingerprint density at radius 1 is 1.40 bits per heavy atom. The number of hydrogen-bond donors (Lipinski definition) is 1. The lowest BCUT2D eigenvalue weighted by molar-refractivity contribution is 0.782. The molecule has 0 spiro atoms. The van der Waals surface area contributed by atoms with Gasteiger partial charge in [0.25, 0.3) is 0 Å². The second kappa shape index (κ2) is 3.47. The van der Waals surface area contributed by atoms with Gasteiger partial charge in [-0.15, -0.1) is 0 Å². The Bertz CT molecular complexity index is 375. The van der Waals surface area contributed by atoms with E-state index in [0.29, 0.717) is 0 Å². The van der Waals surface area contributed by atoms with E-state index in [2.05, 4.69) is 22.2 Å². The van der Waals surface area contributed by atoms with Gasteiger partial charge in [-0.2, -0.15) is 0 Å². The first kappa shape index (κ1) is 9.13. The number of nitrogens with one attached hydrogen (secondary N) is 1. The van der Waals surface area contributed by atoms with Crippen LogP contribution in [0.3, 0.4) is 0 Å². The molecule has 15 heavy (non-hydrogen) atoms. The number of fused-ring (bicyclic) bond motifs is 1. The molecule has 3 rings (SSSR count). The van der Waals surface area contributed by atoms with E-state index in [1.54, 1.807) is 6.33 Å². The predicted molar refractivity (Wildman–Crippen MR) is 59.8 cm³/mol. The molecule has 3 nitrogen and oxygen atoms in total. The van der Waals surface area contributed by atoms with Crippen molar-refractivity contribution in [3.05, 3.63) is 17.6 Å². The Morgan fingerprint density at radius 2 is 2.27 bits per heavy atom. The van der Waals surface area contributed by atoms with Gasteiger partial charge in [0.15, 0.2) is 0 Å². The van der Waals surface area contributed by atoms with Gasteiger partial charge in [-0.25, -0.2) is 9.97 Å². The molecule has 0 amide bonds. The molecule has 1 fully saturated rings. The fourth-order valence-corrected chi connectivity index (χ4v) is 2.42. The van der Waals surface area contributed by atoms with Crippen LogP contribution in [0.25, 0.3) is 0 Å². The highest BCUT2D eigenvalue weighted by Gasteiger charge is 2.32. The number of aryl methyl sites for hydroxylation is 1. The van der Waals surface area contributed by atoms with Crippen molar-refractivity contribution in [2.24, 2.45) is 11.8 Å². The zero-order valence-electron chi connectivity index (χ0n) is 9.16. The van der Waals surface area contributed by atoms with Crippen LogP contribution >= 0.6 is 0 Å². The third kappa shape index (κ3) is 1.71. The number of nitrogens with zero attached hydrogens (tertiary/aromatic N) is 2. The van der Waals surface area contributed by atoms with Crippen LogP contribution in [-0.4, -0.2) is 16.5 Å². The van der Waals surface area contributed by atoms with Gasteiger partial charge >= 0.3 is 0 Å². The summed E-state index contributed by atoms with van der Waals surface area (Å²) in [4.78, 5) is 8.68. The summed E-state index contributed by atoms with van der Waals surface area (Å²) in [5.74, 6) is 2.88. The summed E-state index contributed by atoms with van der Waals surface area (Å²) in [6, 6.07) is 0. The van der Waals surface area contributed by atoms with E-state index in [4.69, 9.17) is 0 Å². The first-order valence-electron chi connectivity index (χ1n) is 5.91. The summed E-state index contributed by atoms with van der Waals surface area (Å²) < 4.78 is 0. The van der Waals surface area contributed by atoms with Gasteiger partial charge in [-0.05, 0) is 37.5 Å². The topological polar surface area (TPSA) is 37.8 Å². The van der Waals surface area contributed by atoms with Crippen molar-refractivity contribution in [3.63, 3.8) is 0 Å². The molecule has 1 heterocycles. The van der Waals surface area contributed by atoms with Crippen LogP contribution in [-0.2, 0) is 12.8 Å². The fourth-order valence-electron chi connectivity index (χ4n) is 2.42. The van der Waals surface area contributed by atoms with Gasteiger partial charge < -0.3 is 5.32 Å². The van der Waals surface area contributed by atoms with Crippen LogP contribution in [0.4, 0.5) is 5.82 Å². The van der Waals surface area contributed by atoms with E-state index in [0.717, 1.165) is 37.0 Å². The molecule has 0 bridgehead atoms. The molecule has 0 aromatic carbocycles. The Kier molecular flexibility index (Phi) is 2.11. The summed E-state index contributed by atoms with van der Waals surface area (Å²) in [6.45, 7) is 3.40. The van der Waals surface area contributed by atoms with Crippen LogP contribution < -0.4 is 5.32 Å². The van der Waals surface area contributed by atoms with E-state index >= 15 is 0 Å². The van der Waals surface area contributed by atoms with Crippen molar-refractivity contribution in [2.45, 2.75) is 32.6 Å². The number of rotatable bonds is 3. The predicted octanol–water partition coefficient (Wildman–Crippen LogP) is 2.03. The number of aromatic nitrogens is 2. The van der Waals surface area contributed by atoms with Crippen LogP contribution in [0.2, 0.25) is 0 Å². The lowest BCUT2D eigenvalue weighted by Crippen LogP contribution is -2.09. The van der Waals surface area contributed by atoms with Crippen molar-refractivity contribution >= 4 is 5.82 Å². The zero-order chi connectivity index (χ0) is 10.3. The van der Waals surface area contributed by atoms with Crippen LogP contribution in [0.5, 0.6) is 0 Å². The maximum atomic E-state index is 4.35. The molecule has 3 heteroatoms. The van der Waals surface area contributed by atoms with Crippen molar-refractivity contribution in [1.29, 1.82) is 0 Å². The summed E-state index contributed by atoms with van der Waals surface area (Å²) in [5.41, 5.74) is 2.63. The lowest BCUT2D eigenvalue weighted by Gasteiger charge is -2.08. The Balaban J connectivity index is 1.72. The summed E-state index contributed by atoms with van der Waals surface area (Å²) >= 11 is 0. The molecule has 2 aliphatic carbocycles. The van der Waals surface area contributed by atoms with Crippen LogP contribution in [0, 0.1) is 11.8 Å². The summed E-state index contributed by atoms with van der Waals surface area (Å²) in [5, 5.41) is 3.49. The monoisotopic (exact) mass is 203 g/mol. The van der Waals surface area contributed by atoms with Gasteiger partial charge in [0.1, 0.15) is 12.1 Å². The molecule has 0 aliphatic heterocycles. The van der Waals surface area contributed by atoms with Crippen LogP contribution in [0.1, 0.15) is 31.0 Å². The average molecular weight is 203 g/mol. The quantitative estimate of drug-likeness (QED) is 0.816. The van der Waals surface area contributed by atoms with Gasteiger partial charge in [0, 0.05) is 17.8 Å².